The number of carbonyl (C=O) groups excluding carboxylic acids is 4. The molecule has 12 heteroatoms. The second-order valence-corrected chi connectivity index (χ2v) is 8.85. The van der Waals surface area contributed by atoms with E-state index in [0.29, 0.717) is 0 Å². The third kappa shape index (κ3) is 4.67. The van der Waals surface area contributed by atoms with Crippen molar-refractivity contribution in [3.63, 3.8) is 0 Å². The molecule has 2 aromatic rings. The van der Waals surface area contributed by atoms with E-state index < -0.39 is 84.1 Å². The highest BCUT2D eigenvalue weighted by Gasteiger charge is 2.46. The number of ketones is 3. The minimum atomic E-state index is -1.84. The van der Waals surface area contributed by atoms with Crippen LogP contribution in [-0.4, -0.2) is 86.2 Å². The van der Waals surface area contributed by atoms with Gasteiger partial charge in [-0.15, -0.1) is 0 Å². The summed E-state index contributed by atoms with van der Waals surface area (Å²) in [7, 11) is 0. The molecule has 0 spiro atoms. The predicted molar refractivity (Wildman–Crippen MR) is 121 cm³/mol. The van der Waals surface area contributed by atoms with Gasteiger partial charge < -0.3 is 39.7 Å². The molecule has 1 aliphatic heterocycles. The maximum absolute atomic E-state index is 13.1. The molecule has 37 heavy (non-hydrogen) atoms. The quantitative estimate of drug-likeness (QED) is 0.216. The number of phenols is 2. The van der Waals surface area contributed by atoms with E-state index in [4.69, 9.17) is 14.2 Å². The smallest absolute Gasteiger partial charge is 0.313 e. The highest BCUT2D eigenvalue weighted by molar-refractivity contribution is 6.30. The second kappa shape index (κ2) is 9.90. The van der Waals surface area contributed by atoms with Gasteiger partial charge in [0.2, 0.25) is 12.1 Å². The molecule has 1 aliphatic carbocycles. The first-order chi connectivity index (χ1) is 17.4. The number of aliphatic hydroxyl groups excluding tert-OH is 3. The molecule has 2 aliphatic rings. The number of esters is 1. The van der Waals surface area contributed by atoms with Gasteiger partial charge in [0.05, 0.1) is 11.1 Å². The Hall–Kier alpha value is -3.84. The van der Waals surface area contributed by atoms with Crippen molar-refractivity contribution in [2.75, 3.05) is 6.61 Å². The molecular formula is C25H24O12. The number of rotatable bonds is 6. The van der Waals surface area contributed by atoms with Crippen molar-refractivity contribution < 1.29 is 58.9 Å². The lowest BCUT2D eigenvalue weighted by atomic mass is 9.82. The third-order valence-electron chi connectivity index (χ3n) is 6.13. The number of Topliss-reactive ketones (excluding diaryl/α,β-unsaturated/α-hetero) is 1. The van der Waals surface area contributed by atoms with Crippen molar-refractivity contribution in [3.8, 4) is 17.2 Å². The van der Waals surface area contributed by atoms with Crippen molar-refractivity contribution in [1.82, 2.24) is 0 Å². The zero-order valence-electron chi connectivity index (χ0n) is 19.7. The van der Waals surface area contributed by atoms with Gasteiger partial charge in [-0.05, 0) is 31.5 Å². The first kappa shape index (κ1) is 26.2. The number of aryl methyl sites for hydroxylation is 1. The van der Waals surface area contributed by atoms with Gasteiger partial charge in [0.15, 0.2) is 17.3 Å². The van der Waals surface area contributed by atoms with Crippen LogP contribution in [0.3, 0.4) is 0 Å². The van der Waals surface area contributed by atoms with Crippen LogP contribution in [0.2, 0.25) is 0 Å². The van der Waals surface area contributed by atoms with E-state index in [1.807, 2.05) is 0 Å². The van der Waals surface area contributed by atoms with Gasteiger partial charge in [-0.3, -0.25) is 19.2 Å². The Kier molecular flexibility index (Phi) is 7.02. The van der Waals surface area contributed by atoms with Crippen LogP contribution in [0, 0.1) is 6.92 Å². The van der Waals surface area contributed by atoms with E-state index in [9.17, 15) is 44.7 Å². The fourth-order valence-corrected chi connectivity index (χ4v) is 4.27. The summed E-state index contributed by atoms with van der Waals surface area (Å²) in [5, 5.41) is 52.0. The van der Waals surface area contributed by atoms with E-state index in [2.05, 4.69) is 0 Å². The fraction of sp³-hybridized carbons (Fsp3) is 0.360. The molecule has 2 unspecified atom stereocenters. The molecule has 5 N–H and O–H groups in total. The number of carbonyl (C=O) groups is 4. The lowest BCUT2D eigenvalue weighted by Crippen LogP contribution is -2.60. The average molecular weight is 516 g/mol. The standard InChI is InChI=1S/C25H24O12/c1-9-6-12-17(20(31)16-11(18(12)29)4-3-5-13(16)27)21(32)24(9)37-25-23(34)22(33)19(30)14(36-25)8-35-15(28)7-10(2)26/h3-6,14,19,22-23,25,27,30,32-34H,7-8H2,1-2H3/t14?,19-,22?,23+,25+/m0/s1. The molecule has 0 amide bonds. The fourth-order valence-electron chi connectivity index (χ4n) is 4.27. The second-order valence-electron chi connectivity index (χ2n) is 8.85. The van der Waals surface area contributed by atoms with Gasteiger partial charge in [-0.2, -0.15) is 0 Å². The SMILES string of the molecule is CC(=O)CC(=O)OCC1O[C@H](Oc2c(C)cc3c(c2O)C(=O)c2c(O)cccc2C3=O)[C@H](O)C(O)[C@H]1O. The topological polar surface area (TPSA) is 197 Å². The largest absolute Gasteiger partial charge is 0.507 e. The summed E-state index contributed by atoms with van der Waals surface area (Å²) in [6.07, 6.45) is -8.96. The summed E-state index contributed by atoms with van der Waals surface area (Å²) in [5.74, 6) is -4.35. The summed E-state index contributed by atoms with van der Waals surface area (Å²) in [5.41, 5.74) is -0.705. The molecular weight excluding hydrogens is 492 g/mol. The number of ether oxygens (including phenoxy) is 3. The van der Waals surface area contributed by atoms with Crippen LogP contribution in [0.5, 0.6) is 17.2 Å². The number of hydrogen-bond acceptors (Lipinski definition) is 12. The van der Waals surface area contributed by atoms with E-state index in [0.717, 1.165) is 0 Å². The number of aromatic hydroxyl groups is 2. The van der Waals surface area contributed by atoms with E-state index >= 15 is 0 Å². The van der Waals surface area contributed by atoms with Crippen molar-refractivity contribution >= 4 is 23.3 Å². The molecule has 0 aromatic heterocycles. The Morgan fingerprint density at radius 2 is 1.68 bits per heavy atom. The molecule has 196 valence electrons. The summed E-state index contributed by atoms with van der Waals surface area (Å²) >= 11 is 0. The zero-order chi connectivity index (χ0) is 27.2. The first-order valence-corrected chi connectivity index (χ1v) is 11.2. The van der Waals surface area contributed by atoms with E-state index in [1.54, 1.807) is 0 Å². The van der Waals surface area contributed by atoms with Gasteiger partial charge in [0.1, 0.15) is 49.0 Å². The van der Waals surface area contributed by atoms with Crippen LogP contribution >= 0.6 is 0 Å². The van der Waals surface area contributed by atoms with Crippen molar-refractivity contribution in [2.24, 2.45) is 0 Å². The van der Waals surface area contributed by atoms with E-state index in [-0.39, 0.29) is 28.0 Å². The molecule has 4 rings (SSSR count). The molecule has 5 atom stereocenters. The Labute approximate surface area is 209 Å². The van der Waals surface area contributed by atoms with Gasteiger partial charge in [-0.25, -0.2) is 0 Å². The minimum Gasteiger partial charge on any atom is -0.507 e. The Morgan fingerprint density at radius 3 is 2.35 bits per heavy atom. The Morgan fingerprint density at radius 1 is 0.973 bits per heavy atom. The van der Waals surface area contributed by atoms with Crippen molar-refractivity contribution in [2.45, 2.75) is 51.0 Å². The lowest BCUT2D eigenvalue weighted by molar-refractivity contribution is -0.278. The maximum atomic E-state index is 13.1. The number of benzene rings is 2. The van der Waals surface area contributed by atoms with Gasteiger partial charge in [0.25, 0.3) is 0 Å². The number of hydrogen-bond donors (Lipinski definition) is 5. The van der Waals surface area contributed by atoms with Crippen LogP contribution in [0.15, 0.2) is 24.3 Å². The molecule has 0 radical (unpaired) electrons. The highest BCUT2D eigenvalue weighted by Crippen LogP contribution is 2.43. The van der Waals surface area contributed by atoms with Crippen LogP contribution in [-0.2, 0) is 19.1 Å². The molecule has 1 heterocycles. The van der Waals surface area contributed by atoms with Crippen molar-refractivity contribution in [3.05, 3.63) is 52.1 Å². The third-order valence-corrected chi connectivity index (χ3v) is 6.13. The maximum Gasteiger partial charge on any atom is 0.313 e. The number of aliphatic hydroxyl groups is 3. The Bertz CT molecular complexity index is 1300. The molecule has 0 saturated carbocycles. The van der Waals surface area contributed by atoms with Crippen LogP contribution in [0.25, 0.3) is 0 Å². The molecule has 1 saturated heterocycles. The first-order valence-electron chi connectivity index (χ1n) is 11.2. The normalized spacial score (nSPS) is 24.7. The summed E-state index contributed by atoms with van der Waals surface area (Å²) in [6, 6.07) is 5.29. The van der Waals surface area contributed by atoms with Crippen LogP contribution in [0.1, 0.15) is 50.8 Å². The molecule has 12 nitrogen and oxygen atoms in total. The minimum absolute atomic E-state index is 0.0322. The monoisotopic (exact) mass is 516 g/mol. The van der Waals surface area contributed by atoms with Crippen LogP contribution in [0.4, 0.5) is 0 Å². The average Bonchev–Trinajstić information content (AvgIpc) is 2.83. The van der Waals surface area contributed by atoms with Gasteiger partial charge in [0, 0.05) is 11.1 Å². The summed E-state index contributed by atoms with van der Waals surface area (Å²) in [6.45, 7) is 2.05. The Balaban J connectivity index is 1.63. The predicted octanol–water partition coefficient (Wildman–Crippen LogP) is -0.110. The zero-order valence-corrected chi connectivity index (χ0v) is 19.7. The van der Waals surface area contributed by atoms with Gasteiger partial charge >= 0.3 is 5.97 Å². The number of phenolic OH excluding ortho intramolecular Hbond substituents is 2. The van der Waals surface area contributed by atoms with Crippen molar-refractivity contribution in [1.29, 1.82) is 0 Å². The number of fused-ring (bicyclic) bond motifs is 2. The van der Waals surface area contributed by atoms with Gasteiger partial charge in [-0.1, -0.05) is 12.1 Å². The molecule has 0 bridgehead atoms. The molecule has 2 aromatic carbocycles. The van der Waals surface area contributed by atoms with E-state index in [1.165, 1.54) is 38.1 Å². The lowest BCUT2D eigenvalue weighted by Gasteiger charge is -2.40. The summed E-state index contributed by atoms with van der Waals surface area (Å²) < 4.78 is 16.0. The van der Waals surface area contributed by atoms with Crippen LogP contribution < -0.4 is 4.74 Å². The summed E-state index contributed by atoms with van der Waals surface area (Å²) in [4.78, 5) is 48.9. The molecule has 1 fully saturated rings. The highest BCUT2D eigenvalue weighted by atomic mass is 16.7.